The molecule has 0 aliphatic rings. The lowest BCUT2D eigenvalue weighted by Gasteiger charge is -2.08. The fourth-order valence-electron chi connectivity index (χ4n) is 1.32. The third kappa shape index (κ3) is 3.28. The van der Waals surface area contributed by atoms with E-state index in [9.17, 15) is 4.39 Å². The summed E-state index contributed by atoms with van der Waals surface area (Å²) in [4.78, 5) is 12.1. The topological polar surface area (TPSA) is 72.0 Å². The van der Waals surface area contributed by atoms with Crippen LogP contribution in [0.5, 0.6) is 6.01 Å². The summed E-state index contributed by atoms with van der Waals surface area (Å²) in [6, 6.07) is 4.79. The Kier molecular flexibility index (Phi) is 4.10. The zero-order valence-corrected chi connectivity index (χ0v) is 11.8. The maximum Gasteiger partial charge on any atom is 0.322 e. The molecule has 1 aromatic heterocycles. The molecule has 0 aliphatic carbocycles. The molecule has 0 atom stereocenters. The highest BCUT2D eigenvalue weighted by molar-refractivity contribution is 9.10. The van der Waals surface area contributed by atoms with Gasteiger partial charge in [0.2, 0.25) is 11.9 Å². The summed E-state index contributed by atoms with van der Waals surface area (Å²) in [7, 11) is 3.13. The van der Waals surface area contributed by atoms with E-state index in [1.54, 1.807) is 19.2 Å². The molecule has 0 aliphatic heterocycles. The summed E-state index contributed by atoms with van der Waals surface area (Å²) < 4.78 is 18.7. The maximum absolute atomic E-state index is 13.4. The van der Waals surface area contributed by atoms with Crippen LogP contribution in [-0.4, -0.2) is 29.1 Å². The highest BCUT2D eigenvalue weighted by Crippen LogP contribution is 2.22. The first-order valence-electron chi connectivity index (χ1n) is 5.32. The SMILES string of the molecule is CNc1nc(Nc2ccc(Br)c(F)c2)nc(OC)n1. The van der Waals surface area contributed by atoms with Gasteiger partial charge in [0.1, 0.15) is 5.82 Å². The monoisotopic (exact) mass is 327 g/mol. The summed E-state index contributed by atoms with van der Waals surface area (Å²) in [5.74, 6) is 0.240. The Morgan fingerprint density at radius 1 is 1.21 bits per heavy atom. The number of methoxy groups -OCH3 is 1. The van der Waals surface area contributed by atoms with Crippen LogP contribution in [0.4, 0.5) is 22.0 Å². The summed E-state index contributed by atoms with van der Waals surface area (Å²) >= 11 is 3.09. The van der Waals surface area contributed by atoms with Crippen molar-refractivity contribution >= 4 is 33.5 Å². The van der Waals surface area contributed by atoms with Crippen molar-refractivity contribution in [3.8, 4) is 6.01 Å². The molecule has 0 fully saturated rings. The Morgan fingerprint density at radius 3 is 2.58 bits per heavy atom. The molecule has 2 rings (SSSR count). The number of hydrogen-bond donors (Lipinski definition) is 2. The van der Waals surface area contributed by atoms with E-state index in [2.05, 4.69) is 41.5 Å². The molecule has 100 valence electrons. The lowest BCUT2D eigenvalue weighted by molar-refractivity contribution is 0.379. The van der Waals surface area contributed by atoms with Gasteiger partial charge in [-0.1, -0.05) is 0 Å². The van der Waals surface area contributed by atoms with Gasteiger partial charge in [-0.15, -0.1) is 0 Å². The van der Waals surface area contributed by atoms with Gasteiger partial charge in [0, 0.05) is 12.7 Å². The molecule has 8 heteroatoms. The minimum atomic E-state index is -0.375. The molecule has 0 saturated heterocycles. The molecular weight excluding hydrogens is 317 g/mol. The van der Waals surface area contributed by atoms with E-state index in [1.807, 2.05) is 0 Å². The number of hydrogen-bond acceptors (Lipinski definition) is 6. The normalized spacial score (nSPS) is 10.1. The van der Waals surface area contributed by atoms with E-state index >= 15 is 0 Å². The van der Waals surface area contributed by atoms with Gasteiger partial charge in [-0.05, 0) is 34.1 Å². The lowest BCUT2D eigenvalue weighted by atomic mass is 10.3. The van der Waals surface area contributed by atoms with Gasteiger partial charge >= 0.3 is 6.01 Å². The molecule has 1 heterocycles. The molecule has 0 saturated carbocycles. The predicted octanol–water partition coefficient (Wildman–Crippen LogP) is 2.57. The number of benzene rings is 1. The molecule has 0 spiro atoms. The first-order valence-corrected chi connectivity index (χ1v) is 6.11. The summed E-state index contributed by atoms with van der Waals surface area (Å²) in [5.41, 5.74) is 0.524. The Balaban J connectivity index is 2.29. The van der Waals surface area contributed by atoms with Crippen LogP contribution in [0.3, 0.4) is 0 Å². The second-order valence-corrected chi connectivity index (χ2v) is 4.33. The second kappa shape index (κ2) is 5.79. The van der Waals surface area contributed by atoms with Gasteiger partial charge in [-0.2, -0.15) is 15.0 Å². The van der Waals surface area contributed by atoms with E-state index in [1.165, 1.54) is 13.2 Å². The zero-order chi connectivity index (χ0) is 13.8. The standard InChI is InChI=1S/C11H11BrFN5O/c1-14-9-16-10(18-11(17-9)19-2)15-6-3-4-7(12)8(13)5-6/h3-5H,1-2H3,(H2,14,15,16,17,18). The van der Waals surface area contributed by atoms with E-state index < -0.39 is 0 Å². The number of anilines is 3. The predicted molar refractivity (Wildman–Crippen MR) is 73.3 cm³/mol. The van der Waals surface area contributed by atoms with Crippen LogP contribution in [0.25, 0.3) is 0 Å². The van der Waals surface area contributed by atoms with Gasteiger partial charge in [0.15, 0.2) is 0 Å². The molecule has 6 nitrogen and oxygen atoms in total. The molecule has 0 radical (unpaired) electrons. The van der Waals surface area contributed by atoms with Crippen LogP contribution in [0.2, 0.25) is 0 Å². The van der Waals surface area contributed by atoms with Crippen LogP contribution in [0.1, 0.15) is 0 Å². The van der Waals surface area contributed by atoms with Crippen molar-refractivity contribution in [1.29, 1.82) is 0 Å². The minimum absolute atomic E-state index is 0.166. The largest absolute Gasteiger partial charge is 0.467 e. The average molecular weight is 328 g/mol. The van der Waals surface area contributed by atoms with E-state index in [0.717, 1.165) is 0 Å². The van der Waals surface area contributed by atoms with Crippen molar-refractivity contribution in [3.63, 3.8) is 0 Å². The molecule has 2 N–H and O–H groups in total. The molecule has 1 aromatic carbocycles. The van der Waals surface area contributed by atoms with E-state index in [-0.39, 0.29) is 17.8 Å². The van der Waals surface area contributed by atoms with Crippen molar-refractivity contribution in [2.45, 2.75) is 0 Å². The van der Waals surface area contributed by atoms with E-state index in [0.29, 0.717) is 16.1 Å². The summed E-state index contributed by atoms with van der Waals surface area (Å²) in [6.07, 6.45) is 0. The maximum atomic E-state index is 13.4. The molecule has 2 aromatic rings. The molecule has 0 unspecified atom stereocenters. The smallest absolute Gasteiger partial charge is 0.322 e. The van der Waals surface area contributed by atoms with Gasteiger partial charge in [-0.3, -0.25) is 0 Å². The number of nitrogens with zero attached hydrogens (tertiary/aromatic N) is 3. The van der Waals surface area contributed by atoms with Gasteiger partial charge in [-0.25, -0.2) is 4.39 Å². The molecular formula is C11H11BrFN5O. The van der Waals surface area contributed by atoms with Crippen LogP contribution in [0, 0.1) is 5.82 Å². The van der Waals surface area contributed by atoms with Crippen LogP contribution in [0.15, 0.2) is 22.7 Å². The number of halogens is 2. The van der Waals surface area contributed by atoms with Crippen LogP contribution >= 0.6 is 15.9 Å². The first kappa shape index (κ1) is 13.5. The first-order chi connectivity index (χ1) is 9.12. The Labute approximate surface area is 117 Å². The zero-order valence-electron chi connectivity index (χ0n) is 10.2. The fourth-order valence-corrected chi connectivity index (χ4v) is 1.57. The van der Waals surface area contributed by atoms with Crippen molar-refractivity contribution in [2.75, 3.05) is 24.8 Å². The van der Waals surface area contributed by atoms with E-state index in [4.69, 9.17) is 4.74 Å². The van der Waals surface area contributed by atoms with Crippen LogP contribution < -0.4 is 15.4 Å². The van der Waals surface area contributed by atoms with Gasteiger partial charge in [0.05, 0.1) is 11.6 Å². The molecule has 0 bridgehead atoms. The van der Waals surface area contributed by atoms with Crippen molar-refractivity contribution < 1.29 is 9.13 Å². The fraction of sp³-hybridized carbons (Fsp3) is 0.182. The summed E-state index contributed by atoms with van der Waals surface area (Å²) in [6.45, 7) is 0. The van der Waals surface area contributed by atoms with Gasteiger partial charge in [0.25, 0.3) is 0 Å². The van der Waals surface area contributed by atoms with Gasteiger partial charge < -0.3 is 15.4 Å². The van der Waals surface area contributed by atoms with Crippen molar-refractivity contribution in [1.82, 2.24) is 15.0 Å². The van der Waals surface area contributed by atoms with Crippen molar-refractivity contribution in [3.05, 3.63) is 28.5 Å². The Bertz CT molecular complexity index is 573. The number of nitrogens with one attached hydrogen (secondary N) is 2. The number of ether oxygens (including phenoxy) is 1. The lowest BCUT2D eigenvalue weighted by Crippen LogP contribution is -2.05. The Hall–Kier alpha value is -1.96. The molecule has 19 heavy (non-hydrogen) atoms. The van der Waals surface area contributed by atoms with Crippen molar-refractivity contribution in [2.24, 2.45) is 0 Å². The number of aromatic nitrogens is 3. The quantitative estimate of drug-likeness (QED) is 0.899. The Morgan fingerprint density at radius 2 is 1.95 bits per heavy atom. The van der Waals surface area contributed by atoms with Crippen LogP contribution in [-0.2, 0) is 0 Å². The highest BCUT2D eigenvalue weighted by atomic mass is 79.9. The molecule has 0 amide bonds. The average Bonchev–Trinajstić information content (AvgIpc) is 2.42. The minimum Gasteiger partial charge on any atom is -0.467 e. The highest BCUT2D eigenvalue weighted by Gasteiger charge is 2.07. The third-order valence-corrected chi connectivity index (χ3v) is 2.84. The third-order valence-electron chi connectivity index (χ3n) is 2.20. The number of rotatable bonds is 4. The second-order valence-electron chi connectivity index (χ2n) is 3.47. The summed E-state index contributed by atoms with van der Waals surface area (Å²) in [5, 5.41) is 5.66.